The molecule has 1 fully saturated rings. The summed E-state index contributed by atoms with van der Waals surface area (Å²) in [6.45, 7) is 1.27. The first-order chi connectivity index (χ1) is 8.18. The first-order valence-corrected chi connectivity index (χ1v) is 5.58. The number of hydrogen-bond donors (Lipinski definition) is 3. The number of rotatable bonds is 2. The zero-order valence-corrected chi connectivity index (χ0v) is 9.35. The fraction of sp³-hybridized carbons (Fsp3) is 0.417. The lowest BCUT2D eigenvalue weighted by atomic mass is 10.1. The summed E-state index contributed by atoms with van der Waals surface area (Å²) in [5, 5.41) is 21.7. The first-order valence-electron chi connectivity index (χ1n) is 5.58. The number of para-hydroxylation sites is 1. The van der Waals surface area contributed by atoms with Crippen molar-refractivity contribution in [3.63, 3.8) is 0 Å². The maximum atomic E-state index is 11.9. The Morgan fingerprint density at radius 2 is 2.00 bits per heavy atom. The molecule has 0 unspecified atom stereocenters. The Kier molecular flexibility index (Phi) is 3.49. The molecule has 1 aromatic carbocycles. The van der Waals surface area contributed by atoms with Crippen LogP contribution in [0.3, 0.4) is 0 Å². The molecule has 0 spiro atoms. The van der Waals surface area contributed by atoms with E-state index in [0.29, 0.717) is 13.2 Å². The van der Waals surface area contributed by atoms with Gasteiger partial charge in [0.05, 0.1) is 5.56 Å². The summed E-state index contributed by atoms with van der Waals surface area (Å²) in [6, 6.07) is 4.40. The third-order valence-electron chi connectivity index (χ3n) is 2.82. The SMILES string of the molecule is O=C(NC1CCOCC1)c1cccc(O)c1O. The maximum absolute atomic E-state index is 11.9. The van der Waals surface area contributed by atoms with Crippen molar-refractivity contribution in [2.45, 2.75) is 18.9 Å². The molecule has 0 atom stereocenters. The molecule has 0 radical (unpaired) electrons. The van der Waals surface area contributed by atoms with Crippen LogP contribution < -0.4 is 5.32 Å². The van der Waals surface area contributed by atoms with E-state index in [0.717, 1.165) is 12.8 Å². The van der Waals surface area contributed by atoms with Crippen LogP contribution in [0.15, 0.2) is 18.2 Å². The standard InChI is InChI=1S/C12H15NO4/c14-10-3-1-2-9(11(10)15)12(16)13-8-4-6-17-7-5-8/h1-3,8,14-15H,4-7H2,(H,13,16). The number of hydrogen-bond acceptors (Lipinski definition) is 4. The van der Waals surface area contributed by atoms with Gasteiger partial charge in [-0.1, -0.05) is 6.07 Å². The Morgan fingerprint density at radius 1 is 1.29 bits per heavy atom. The molecule has 1 aliphatic rings. The molecule has 1 heterocycles. The van der Waals surface area contributed by atoms with E-state index in [1.165, 1.54) is 18.2 Å². The predicted molar refractivity (Wildman–Crippen MR) is 61.1 cm³/mol. The number of nitrogens with one attached hydrogen (secondary N) is 1. The number of carbonyl (C=O) groups excluding carboxylic acids is 1. The third kappa shape index (κ3) is 2.68. The monoisotopic (exact) mass is 237 g/mol. The van der Waals surface area contributed by atoms with Gasteiger partial charge in [-0.05, 0) is 25.0 Å². The molecule has 5 heteroatoms. The molecule has 1 amide bonds. The fourth-order valence-corrected chi connectivity index (χ4v) is 1.82. The maximum Gasteiger partial charge on any atom is 0.255 e. The summed E-state index contributed by atoms with van der Waals surface area (Å²) >= 11 is 0. The van der Waals surface area contributed by atoms with Crippen molar-refractivity contribution >= 4 is 5.91 Å². The normalized spacial score (nSPS) is 16.7. The van der Waals surface area contributed by atoms with E-state index in [4.69, 9.17) is 4.74 Å². The number of amides is 1. The molecule has 1 aliphatic heterocycles. The molecule has 92 valence electrons. The number of aromatic hydroxyl groups is 2. The zero-order valence-electron chi connectivity index (χ0n) is 9.35. The van der Waals surface area contributed by atoms with Crippen molar-refractivity contribution in [1.82, 2.24) is 5.32 Å². The summed E-state index contributed by atoms with van der Waals surface area (Å²) < 4.78 is 5.19. The molecule has 3 N–H and O–H groups in total. The summed E-state index contributed by atoms with van der Waals surface area (Å²) in [4.78, 5) is 11.9. The zero-order chi connectivity index (χ0) is 12.3. The van der Waals surface area contributed by atoms with Gasteiger partial charge in [-0.15, -0.1) is 0 Å². The third-order valence-corrected chi connectivity index (χ3v) is 2.82. The minimum Gasteiger partial charge on any atom is -0.504 e. The quantitative estimate of drug-likeness (QED) is 0.671. The van der Waals surface area contributed by atoms with Crippen molar-refractivity contribution in [2.24, 2.45) is 0 Å². The second kappa shape index (κ2) is 5.05. The van der Waals surface area contributed by atoms with Gasteiger partial charge in [0.2, 0.25) is 0 Å². The molecule has 1 saturated heterocycles. The summed E-state index contributed by atoms with van der Waals surface area (Å²) in [5.74, 6) is -1.04. The van der Waals surface area contributed by atoms with E-state index < -0.39 is 0 Å². The minimum atomic E-state index is -0.378. The van der Waals surface area contributed by atoms with Crippen LogP contribution in [0.25, 0.3) is 0 Å². The van der Waals surface area contributed by atoms with E-state index in [2.05, 4.69) is 5.32 Å². The second-order valence-corrected chi connectivity index (χ2v) is 4.03. The van der Waals surface area contributed by atoms with Gasteiger partial charge >= 0.3 is 0 Å². The van der Waals surface area contributed by atoms with Crippen LogP contribution in [0.1, 0.15) is 23.2 Å². The molecule has 2 rings (SSSR count). The predicted octanol–water partition coefficient (Wildman–Crippen LogP) is 1.01. The topological polar surface area (TPSA) is 78.8 Å². The number of phenolic OH excluding ortho intramolecular Hbond substituents is 2. The lowest BCUT2D eigenvalue weighted by molar-refractivity contribution is 0.0695. The lowest BCUT2D eigenvalue weighted by Crippen LogP contribution is -2.38. The van der Waals surface area contributed by atoms with E-state index in [1.54, 1.807) is 0 Å². The van der Waals surface area contributed by atoms with Crippen molar-refractivity contribution in [3.8, 4) is 11.5 Å². The summed E-state index contributed by atoms with van der Waals surface area (Å²) in [5.41, 5.74) is 0.0940. The largest absolute Gasteiger partial charge is 0.504 e. The fourth-order valence-electron chi connectivity index (χ4n) is 1.82. The van der Waals surface area contributed by atoms with Gasteiger partial charge in [0, 0.05) is 19.3 Å². The average Bonchev–Trinajstić information content (AvgIpc) is 2.34. The Balaban J connectivity index is 2.06. The van der Waals surface area contributed by atoms with E-state index in [9.17, 15) is 15.0 Å². The average molecular weight is 237 g/mol. The molecular weight excluding hydrogens is 222 g/mol. The van der Waals surface area contributed by atoms with Crippen LogP contribution in [0.4, 0.5) is 0 Å². The van der Waals surface area contributed by atoms with E-state index in [1.807, 2.05) is 0 Å². The van der Waals surface area contributed by atoms with Crippen LogP contribution in [0.5, 0.6) is 11.5 Å². The van der Waals surface area contributed by atoms with Gasteiger partial charge < -0.3 is 20.3 Å². The first kappa shape index (κ1) is 11.7. The molecule has 0 aliphatic carbocycles. The van der Waals surface area contributed by atoms with Crippen LogP contribution in [-0.2, 0) is 4.74 Å². The van der Waals surface area contributed by atoms with Gasteiger partial charge in [-0.3, -0.25) is 4.79 Å². The highest BCUT2D eigenvalue weighted by Crippen LogP contribution is 2.28. The highest BCUT2D eigenvalue weighted by molar-refractivity contribution is 5.97. The molecule has 0 aromatic heterocycles. The van der Waals surface area contributed by atoms with Gasteiger partial charge in [-0.25, -0.2) is 0 Å². The molecule has 0 bridgehead atoms. The second-order valence-electron chi connectivity index (χ2n) is 4.03. The van der Waals surface area contributed by atoms with Crippen LogP contribution in [-0.4, -0.2) is 35.4 Å². The Bertz CT molecular complexity index is 413. The minimum absolute atomic E-state index is 0.0676. The number of carbonyl (C=O) groups is 1. The molecule has 1 aromatic rings. The molecule has 0 saturated carbocycles. The van der Waals surface area contributed by atoms with Crippen molar-refractivity contribution in [3.05, 3.63) is 23.8 Å². The summed E-state index contributed by atoms with van der Waals surface area (Å²) in [7, 11) is 0. The molecular formula is C12H15NO4. The van der Waals surface area contributed by atoms with Crippen LogP contribution in [0, 0.1) is 0 Å². The number of benzene rings is 1. The number of ether oxygens (including phenoxy) is 1. The number of phenols is 2. The molecule has 5 nitrogen and oxygen atoms in total. The van der Waals surface area contributed by atoms with Crippen LogP contribution >= 0.6 is 0 Å². The van der Waals surface area contributed by atoms with Gasteiger partial charge in [0.25, 0.3) is 5.91 Å². The Hall–Kier alpha value is -1.75. The Morgan fingerprint density at radius 3 is 2.71 bits per heavy atom. The van der Waals surface area contributed by atoms with E-state index >= 15 is 0 Å². The summed E-state index contributed by atoms with van der Waals surface area (Å²) in [6.07, 6.45) is 1.54. The van der Waals surface area contributed by atoms with Crippen molar-refractivity contribution in [2.75, 3.05) is 13.2 Å². The highest BCUT2D eigenvalue weighted by atomic mass is 16.5. The smallest absolute Gasteiger partial charge is 0.255 e. The van der Waals surface area contributed by atoms with Crippen molar-refractivity contribution < 1.29 is 19.7 Å². The van der Waals surface area contributed by atoms with Crippen molar-refractivity contribution in [1.29, 1.82) is 0 Å². The van der Waals surface area contributed by atoms with Gasteiger partial charge in [-0.2, -0.15) is 0 Å². The van der Waals surface area contributed by atoms with E-state index in [-0.39, 0.29) is 29.0 Å². The van der Waals surface area contributed by atoms with Crippen LogP contribution in [0.2, 0.25) is 0 Å². The van der Waals surface area contributed by atoms with Gasteiger partial charge in [0.15, 0.2) is 11.5 Å². The molecule has 17 heavy (non-hydrogen) atoms. The lowest BCUT2D eigenvalue weighted by Gasteiger charge is -2.23. The Labute approximate surface area is 99.0 Å². The highest BCUT2D eigenvalue weighted by Gasteiger charge is 2.19. The van der Waals surface area contributed by atoms with Gasteiger partial charge in [0.1, 0.15) is 0 Å².